The first-order chi connectivity index (χ1) is 20.1. The fourth-order valence-corrected chi connectivity index (χ4v) is 5.46. The normalized spacial score (nSPS) is 20.5. The third kappa shape index (κ3) is 7.27. The average molecular weight is 579 g/mol. The molecule has 2 aliphatic rings. The number of nitrogens with zero attached hydrogens (tertiary/aromatic N) is 7. The van der Waals surface area contributed by atoms with E-state index in [1.54, 1.807) is 18.6 Å². The number of nitrogens with one attached hydrogen (secondary N) is 1. The fourth-order valence-electron chi connectivity index (χ4n) is 5.46. The highest BCUT2D eigenvalue weighted by atomic mass is 16.6. The van der Waals surface area contributed by atoms with Crippen molar-refractivity contribution in [1.29, 1.82) is 0 Å². The predicted molar refractivity (Wildman–Crippen MR) is 158 cm³/mol. The molecule has 0 aliphatic carbocycles. The van der Waals surface area contributed by atoms with Gasteiger partial charge in [0.2, 0.25) is 5.95 Å². The molecule has 3 aromatic rings. The van der Waals surface area contributed by atoms with Crippen molar-refractivity contribution >= 4 is 18.1 Å². The number of rotatable bonds is 8. The quantitative estimate of drug-likeness (QED) is 0.403. The monoisotopic (exact) mass is 578 g/mol. The van der Waals surface area contributed by atoms with E-state index in [2.05, 4.69) is 61.0 Å². The van der Waals surface area contributed by atoms with Gasteiger partial charge in [0.25, 0.3) is 0 Å². The summed E-state index contributed by atoms with van der Waals surface area (Å²) in [7, 11) is 0. The summed E-state index contributed by atoms with van der Waals surface area (Å²) in [5.74, 6) is 2.56. The molecule has 0 aromatic carbocycles. The number of aromatic nitrogens is 5. The molecule has 5 rings (SSSR count). The van der Waals surface area contributed by atoms with E-state index < -0.39 is 11.7 Å². The molecule has 0 spiro atoms. The molecule has 2 aliphatic heterocycles. The molecule has 12 heteroatoms. The van der Waals surface area contributed by atoms with E-state index in [4.69, 9.17) is 14.0 Å². The number of carbonyl (C=O) groups is 1. The van der Waals surface area contributed by atoms with Crippen molar-refractivity contribution in [1.82, 2.24) is 30.4 Å². The van der Waals surface area contributed by atoms with Gasteiger partial charge in [-0.25, -0.2) is 14.8 Å². The lowest BCUT2D eigenvalue weighted by molar-refractivity contribution is 0.0504. The van der Waals surface area contributed by atoms with Crippen molar-refractivity contribution in [2.45, 2.75) is 84.0 Å². The molecule has 42 heavy (non-hydrogen) atoms. The second-order valence-corrected chi connectivity index (χ2v) is 12.5. The van der Waals surface area contributed by atoms with Gasteiger partial charge < -0.3 is 29.1 Å². The van der Waals surface area contributed by atoms with Crippen LogP contribution in [0, 0.1) is 5.92 Å². The second-order valence-electron chi connectivity index (χ2n) is 12.5. The number of anilines is 2. The minimum atomic E-state index is -0.582. The summed E-state index contributed by atoms with van der Waals surface area (Å²) in [6.07, 6.45) is 6.72. The predicted octanol–water partition coefficient (Wildman–Crippen LogP) is 4.56. The van der Waals surface area contributed by atoms with Gasteiger partial charge in [-0.3, -0.25) is 4.98 Å². The zero-order valence-electron chi connectivity index (χ0n) is 25.4. The summed E-state index contributed by atoms with van der Waals surface area (Å²) < 4.78 is 17.2. The molecule has 5 heterocycles. The fraction of sp³-hybridized carbons (Fsp3) is 0.600. The Kier molecular flexibility index (Phi) is 8.79. The smallest absolute Gasteiger partial charge is 0.407 e. The Morgan fingerprint density at radius 1 is 1.05 bits per heavy atom. The van der Waals surface area contributed by atoms with E-state index in [0.29, 0.717) is 36.7 Å². The van der Waals surface area contributed by atoms with Crippen LogP contribution >= 0.6 is 0 Å². The number of piperidine rings is 1. The molecule has 0 radical (unpaired) electrons. The van der Waals surface area contributed by atoms with Gasteiger partial charge in [0.1, 0.15) is 5.60 Å². The van der Waals surface area contributed by atoms with Crippen molar-refractivity contribution in [3.63, 3.8) is 0 Å². The van der Waals surface area contributed by atoms with Gasteiger partial charge in [0.05, 0.1) is 24.5 Å². The maximum atomic E-state index is 12.6. The van der Waals surface area contributed by atoms with Gasteiger partial charge in [-0.1, -0.05) is 25.1 Å². The minimum absolute atomic E-state index is 0.0123. The highest BCUT2D eigenvalue weighted by molar-refractivity contribution is 5.68. The molecule has 0 saturated carbocycles. The van der Waals surface area contributed by atoms with Gasteiger partial charge in [-0.2, -0.15) is 4.98 Å². The van der Waals surface area contributed by atoms with E-state index in [0.717, 1.165) is 37.4 Å². The molecule has 0 unspecified atom stereocenters. The van der Waals surface area contributed by atoms with Gasteiger partial charge in [-0.05, 0) is 58.6 Å². The van der Waals surface area contributed by atoms with Gasteiger partial charge in [0.15, 0.2) is 11.6 Å². The Labute approximate surface area is 247 Å². The molecular weight excluding hydrogens is 536 g/mol. The number of pyridine rings is 1. The molecule has 0 bridgehead atoms. The summed E-state index contributed by atoms with van der Waals surface area (Å²) in [6.45, 7) is 14.6. The Bertz CT molecular complexity index is 1300. The summed E-state index contributed by atoms with van der Waals surface area (Å²) in [5, 5.41) is 7.13. The number of hydrogen-bond acceptors (Lipinski definition) is 11. The highest BCUT2D eigenvalue weighted by Crippen LogP contribution is 2.31. The van der Waals surface area contributed by atoms with Gasteiger partial charge in [-0.15, -0.1) is 0 Å². The van der Waals surface area contributed by atoms with Crippen molar-refractivity contribution in [3.8, 4) is 5.75 Å². The van der Waals surface area contributed by atoms with Crippen LogP contribution in [0.15, 0.2) is 41.3 Å². The summed E-state index contributed by atoms with van der Waals surface area (Å²) in [5.41, 5.74) is 0.321. The van der Waals surface area contributed by atoms with Crippen LogP contribution in [0.5, 0.6) is 5.75 Å². The van der Waals surface area contributed by atoms with Crippen LogP contribution < -0.4 is 19.9 Å². The van der Waals surface area contributed by atoms with E-state index in [-0.39, 0.29) is 24.0 Å². The number of amides is 1. The van der Waals surface area contributed by atoms with Crippen LogP contribution in [0.1, 0.15) is 77.7 Å². The van der Waals surface area contributed by atoms with E-state index in [9.17, 15) is 4.79 Å². The van der Waals surface area contributed by atoms with Gasteiger partial charge >= 0.3 is 12.1 Å². The van der Waals surface area contributed by atoms with E-state index in [1.807, 2.05) is 39.0 Å². The van der Waals surface area contributed by atoms with Crippen LogP contribution in [0.4, 0.5) is 16.8 Å². The van der Waals surface area contributed by atoms with Crippen molar-refractivity contribution < 1.29 is 18.8 Å². The highest BCUT2D eigenvalue weighted by Gasteiger charge is 2.38. The third-order valence-corrected chi connectivity index (χ3v) is 7.73. The van der Waals surface area contributed by atoms with E-state index in [1.165, 1.54) is 0 Å². The van der Waals surface area contributed by atoms with Crippen LogP contribution in [0.25, 0.3) is 0 Å². The molecular formula is C30H42N8O4. The Balaban J connectivity index is 1.17. The second kappa shape index (κ2) is 12.5. The van der Waals surface area contributed by atoms with Crippen LogP contribution in [0.3, 0.4) is 0 Å². The maximum absolute atomic E-state index is 12.6. The lowest BCUT2D eigenvalue weighted by Crippen LogP contribution is -2.43. The van der Waals surface area contributed by atoms with Crippen molar-refractivity contribution in [3.05, 3.63) is 48.3 Å². The SMILES string of the molecule is CC(C)c1noc(N2CCC([C@H](C)Oc3cnc(N4C[C@H](NC(=O)OC(C)(C)C)[C@@H](c5ccccn5)C4)nc3)CC2)n1. The molecule has 2 fully saturated rings. The van der Waals surface area contributed by atoms with Crippen molar-refractivity contribution in [2.24, 2.45) is 5.92 Å². The number of ether oxygens (including phenoxy) is 2. The molecule has 2 saturated heterocycles. The Hall–Kier alpha value is -3.96. The minimum Gasteiger partial charge on any atom is -0.487 e. The molecule has 226 valence electrons. The Morgan fingerprint density at radius 3 is 2.40 bits per heavy atom. The van der Waals surface area contributed by atoms with Crippen molar-refractivity contribution in [2.75, 3.05) is 36.0 Å². The largest absolute Gasteiger partial charge is 0.487 e. The molecule has 1 N–H and O–H groups in total. The van der Waals surface area contributed by atoms with E-state index >= 15 is 0 Å². The molecule has 3 atom stereocenters. The summed E-state index contributed by atoms with van der Waals surface area (Å²) in [6, 6.07) is 6.22. The number of carbonyl (C=O) groups excluding carboxylic acids is 1. The molecule has 3 aromatic heterocycles. The standard InChI is InChI=1S/C30H42N8O4/c1-19(2)26-35-28(42-36-26)37-13-10-21(11-14-37)20(3)40-22-15-32-27(33-16-22)38-17-23(24-9-7-8-12-31-24)25(18-38)34-29(39)41-30(4,5)6/h7-9,12,15-16,19-21,23,25H,10-11,13-14,17-18H2,1-6H3,(H,34,39)/t20-,23+,25-/m0/s1. The first kappa shape index (κ1) is 29.5. The maximum Gasteiger partial charge on any atom is 0.407 e. The summed E-state index contributed by atoms with van der Waals surface area (Å²) in [4.78, 5) is 35.1. The molecule has 12 nitrogen and oxygen atoms in total. The van der Waals surface area contributed by atoms with Crippen LogP contribution in [-0.2, 0) is 4.74 Å². The zero-order chi connectivity index (χ0) is 29.9. The first-order valence-electron chi connectivity index (χ1n) is 14.8. The van der Waals surface area contributed by atoms with Crippen LogP contribution in [-0.4, -0.2) is 75.1 Å². The summed E-state index contributed by atoms with van der Waals surface area (Å²) >= 11 is 0. The topological polar surface area (TPSA) is 132 Å². The first-order valence-corrected chi connectivity index (χ1v) is 14.8. The Morgan fingerprint density at radius 2 is 1.79 bits per heavy atom. The zero-order valence-corrected chi connectivity index (χ0v) is 25.4. The number of alkyl carbamates (subject to hydrolysis) is 1. The third-order valence-electron chi connectivity index (χ3n) is 7.73. The molecule has 1 amide bonds. The van der Waals surface area contributed by atoms with Crippen LogP contribution in [0.2, 0.25) is 0 Å². The lowest BCUT2D eigenvalue weighted by Gasteiger charge is -2.33. The van der Waals surface area contributed by atoms with Gasteiger partial charge in [0, 0.05) is 49.9 Å². The number of hydrogen-bond donors (Lipinski definition) is 1. The average Bonchev–Trinajstić information content (AvgIpc) is 3.61. The lowest BCUT2D eigenvalue weighted by atomic mass is 9.92.